The van der Waals surface area contributed by atoms with Crippen molar-refractivity contribution in [3.8, 4) is 0 Å². The molecule has 0 unspecified atom stereocenters. The topological polar surface area (TPSA) is 55.1 Å². The van der Waals surface area contributed by atoms with Crippen LogP contribution in [0.3, 0.4) is 0 Å². The summed E-state index contributed by atoms with van der Waals surface area (Å²) in [5.41, 5.74) is 7.54. The predicted molar refractivity (Wildman–Crippen MR) is 77.8 cm³/mol. The summed E-state index contributed by atoms with van der Waals surface area (Å²) in [4.78, 5) is 12.2. The Morgan fingerprint density at radius 3 is 2.28 bits per heavy atom. The number of hydrogen-bond donors (Lipinski definition) is 2. The van der Waals surface area contributed by atoms with Gasteiger partial charge in [-0.15, -0.1) is 0 Å². The number of nitrogens with two attached hydrogens (primary N) is 1. The molecule has 90 valence electrons. The Kier molecular flexibility index (Phi) is 3.69. The van der Waals surface area contributed by atoms with Gasteiger partial charge < -0.3 is 11.1 Å². The lowest BCUT2D eigenvalue weighted by atomic mass is 10.1. The van der Waals surface area contributed by atoms with E-state index in [2.05, 4.69) is 5.32 Å². The number of hydrogen-bond acceptors (Lipinski definition) is 3. The molecule has 0 fully saturated rings. The third-order valence-electron chi connectivity index (χ3n) is 2.45. The van der Waals surface area contributed by atoms with Gasteiger partial charge in [0, 0.05) is 5.56 Å². The molecule has 0 atom stereocenters. The molecule has 0 saturated heterocycles. The summed E-state index contributed by atoms with van der Waals surface area (Å²) >= 11 is 5.08. The SMILES string of the molecule is Nc1ccccc1NC(=S)C(=O)c1ccccc1. The second-order valence-corrected chi connectivity index (χ2v) is 4.14. The van der Waals surface area contributed by atoms with E-state index >= 15 is 0 Å². The number of carbonyl (C=O) groups is 1. The van der Waals surface area contributed by atoms with Crippen LogP contribution >= 0.6 is 12.2 Å². The van der Waals surface area contributed by atoms with Crippen molar-refractivity contribution in [3.05, 3.63) is 60.2 Å². The van der Waals surface area contributed by atoms with Crippen LogP contribution in [0.4, 0.5) is 11.4 Å². The molecule has 0 saturated carbocycles. The van der Waals surface area contributed by atoms with Crippen molar-refractivity contribution in [2.24, 2.45) is 0 Å². The summed E-state index contributed by atoms with van der Waals surface area (Å²) in [5, 5.41) is 2.87. The Hall–Kier alpha value is -2.20. The highest BCUT2D eigenvalue weighted by atomic mass is 32.1. The van der Waals surface area contributed by atoms with E-state index in [1.54, 1.807) is 36.4 Å². The zero-order valence-electron chi connectivity index (χ0n) is 9.59. The Morgan fingerprint density at radius 2 is 1.61 bits per heavy atom. The van der Waals surface area contributed by atoms with E-state index in [-0.39, 0.29) is 10.8 Å². The second-order valence-electron chi connectivity index (χ2n) is 3.74. The van der Waals surface area contributed by atoms with Gasteiger partial charge in [0.15, 0.2) is 4.99 Å². The van der Waals surface area contributed by atoms with Crippen LogP contribution in [0.1, 0.15) is 10.4 Å². The second kappa shape index (κ2) is 5.42. The van der Waals surface area contributed by atoms with E-state index in [9.17, 15) is 4.79 Å². The van der Waals surface area contributed by atoms with Crippen molar-refractivity contribution in [3.63, 3.8) is 0 Å². The van der Waals surface area contributed by atoms with Crippen molar-refractivity contribution in [2.75, 3.05) is 11.1 Å². The number of carbonyl (C=O) groups excluding carboxylic acids is 1. The first-order chi connectivity index (χ1) is 8.68. The Bertz CT molecular complexity index is 581. The molecule has 0 spiro atoms. The molecule has 0 bridgehead atoms. The average Bonchev–Trinajstić information content (AvgIpc) is 2.41. The minimum Gasteiger partial charge on any atom is -0.397 e. The number of anilines is 2. The highest BCUT2D eigenvalue weighted by molar-refractivity contribution is 7.82. The van der Waals surface area contributed by atoms with Crippen molar-refractivity contribution in [2.45, 2.75) is 0 Å². The molecule has 0 aromatic heterocycles. The molecular weight excluding hydrogens is 244 g/mol. The molecule has 2 rings (SSSR count). The molecular formula is C14H12N2OS. The maximum atomic E-state index is 12.0. The van der Waals surface area contributed by atoms with E-state index < -0.39 is 0 Å². The Balaban J connectivity index is 2.14. The number of thiocarbonyl (C=S) groups is 1. The summed E-state index contributed by atoms with van der Waals surface area (Å²) in [5.74, 6) is -0.214. The summed E-state index contributed by atoms with van der Waals surface area (Å²) in [6.45, 7) is 0. The molecule has 2 aromatic carbocycles. The number of rotatable bonds is 3. The molecule has 2 aromatic rings. The number of benzene rings is 2. The molecule has 0 aliphatic carbocycles. The minimum atomic E-state index is -0.214. The maximum Gasteiger partial charge on any atom is 0.220 e. The summed E-state index contributed by atoms with van der Waals surface area (Å²) in [6.07, 6.45) is 0. The van der Waals surface area contributed by atoms with Crippen LogP contribution in [-0.4, -0.2) is 10.8 Å². The van der Waals surface area contributed by atoms with Gasteiger partial charge in [-0.25, -0.2) is 0 Å². The third-order valence-corrected chi connectivity index (χ3v) is 2.74. The van der Waals surface area contributed by atoms with Crippen molar-refractivity contribution < 1.29 is 4.79 Å². The number of ketones is 1. The fraction of sp³-hybridized carbons (Fsp3) is 0. The first-order valence-corrected chi connectivity index (χ1v) is 5.84. The van der Waals surface area contributed by atoms with E-state index in [4.69, 9.17) is 18.0 Å². The molecule has 18 heavy (non-hydrogen) atoms. The van der Waals surface area contributed by atoms with Gasteiger partial charge in [0.1, 0.15) is 0 Å². The van der Waals surface area contributed by atoms with Crippen molar-refractivity contribution >= 4 is 34.4 Å². The van der Waals surface area contributed by atoms with Crippen molar-refractivity contribution in [1.29, 1.82) is 0 Å². The average molecular weight is 256 g/mol. The smallest absolute Gasteiger partial charge is 0.220 e. The minimum absolute atomic E-state index is 0.138. The molecule has 0 heterocycles. The summed E-state index contributed by atoms with van der Waals surface area (Å²) in [7, 11) is 0. The molecule has 0 aliphatic rings. The normalized spacial score (nSPS) is 9.78. The van der Waals surface area contributed by atoms with Crippen LogP contribution < -0.4 is 11.1 Å². The van der Waals surface area contributed by atoms with E-state index in [1.165, 1.54) is 0 Å². The fourth-order valence-electron chi connectivity index (χ4n) is 1.51. The van der Waals surface area contributed by atoms with Crippen LogP contribution in [-0.2, 0) is 0 Å². The number of nitrogen functional groups attached to an aromatic ring is 1. The van der Waals surface area contributed by atoms with Crippen LogP contribution in [0, 0.1) is 0 Å². The molecule has 0 amide bonds. The van der Waals surface area contributed by atoms with Gasteiger partial charge in [0.25, 0.3) is 0 Å². The van der Waals surface area contributed by atoms with Crippen LogP contribution in [0.5, 0.6) is 0 Å². The largest absolute Gasteiger partial charge is 0.397 e. The van der Waals surface area contributed by atoms with Gasteiger partial charge in [-0.2, -0.15) is 0 Å². The van der Waals surface area contributed by atoms with Gasteiger partial charge in [0.2, 0.25) is 5.78 Å². The van der Waals surface area contributed by atoms with Crippen LogP contribution in [0.25, 0.3) is 0 Å². The molecule has 0 aliphatic heterocycles. The lowest BCUT2D eigenvalue weighted by Gasteiger charge is -2.09. The molecule has 3 N–H and O–H groups in total. The van der Waals surface area contributed by atoms with E-state index in [0.29, 0.717) is 16.9 Å². The summed E-state index contributed by atoms with van der Waals surface area (Å²) < 4.78 is 0. The molecule has 4 heteroatoms. The Morgan fingerprint density at radius 1 is 1.00 bits per heavy atom. The van der Waals surface area contributed by atoms with Crippen molar-refractivity contribution in [1.82, 2.24) is 0 Å². The quantitative estimate of drug-likeness (QED) is 0.503. The van der Waals surface area contributed by atoms with Gasteiger partial charge in [-0.3, -0.25) is 4.79 Å². The van der Waals surface area contributed by atoms with Gasteiger partial charge >= 0.3 is 0 Å². The molecule has 3 nitrogen and oxygen atoms in total. The highest BCUT2D eigenvalue weighted by Crippen LogP contribution is 2.17. The fourth-order valence-corrected chi connectivity index (χ4v) is 1.74. The number of nitrogens with one attached hydrogen (secondary N) is 1. The number of para-hydroxylation sites is 2. The van der Waals surface area contributed by atoms with Gasteiger partial charge in [-0.05, 0) is 12.1 Å². The maximum absolute atomic E-state index is 12.0. The monoisotopic (exact) mass is 256 g/mol. The predicted octanol–water partition coefficient (Wildman–Crippen LogP) is 2.89. The highest BCUT2D eigenvalue weighted by Gasteiger charge is 2.12. The van der Waals surface area contributed by atoms with Crippen LogP contribution in [0.15, 0.2) is 54.6 Å². The summed E-state index contributed by atoms with van der Waals surface area (Å²) in [6, 6.07) is 16.1. The number of Topliss-reactive ketones (excluding diaryl/α,β-unsaturated/α-hetero) is 1. The standard InChI is InChI=1S/C14H12N2OS/c15-11-8-4-5-9-12(11)16-14(18)13(17)10-6-2-1-3-7-10/h1-9H,15H2,(H,16,18). The van der Waals surface area contributed by atoms with E-state index in [0.717, 1.165) is 0 Å². The third kappa shape index (κ3) is 2.73. The van der Waals surface area contributed by atoms with Gasteiger partial charge in [0.05, 0.1) is 11.4 Å². The van der Waals surface area contributed by atoms with Crippen LogP contribution in [0.2, 0.25) is 0 Å². The zero-order chi connectivity index (χ0) is 13.0. The Labute approximate surface area is 111 Å². The first kappa shape index (κ1) is 12.3. The van der Waals surface area contributed by atoms with E-state index in [1.807, 2.05) is 18.2 Å². The zero-order valence-corrected chi connectivity index (χ0v) is 10.4. The first-order valence-electron chi connectivity index (χ1n) is 5.43. The molecule has 0 radical (unpaired) electrons. The lowest BCUT2D eigenvalue weighted by molar-refractivity contribution is 0.106. The van der Waals surface area contributed by atoms with Gasteiger partial charge in [-0.1, -0.05) is 54.7 Å². The lowest BCUT2D eigenvalue weighted by Crippen LogP contribution is -2.21.